The van der Waals surface area contributed by atoms with E-state index in [4.69, 9.17) is 11.1 Å². The lowest BCUT2D eigenvalue weighted by molar-refractivity contribution is -0.126. The predicted octanol–water partition coefficient (Wildman–Crippen LogP) is 1.95. The second-order valence-corrected chi connectivity index (χ2v) is 4.71. The molecule has 3 atom stereocenters. The lowest BCUT2D eigenvalue weighted by Gasteiger charge is -2.34. The lowest BCUT2D eigenvalue weighted by Crippen LogP contribution is -2.46. The number of carbonyl (C=O) groups is 1. The molecular formula is C11H20N2O. The van der Waals surface area contributed by atoms with Gasteiger partial charge in [-0.1, -0.05) is 19.8 Å². The molecule has 1 aliphatic rings. The van der Waals surface area contributed by atoms with E-state index in [0.29, 0.717) is 11.6 Å². The van der Waals surface area contributed by atoms with Crippen LogP contribution in [0.5, 0.6) is 0 Å². The van der Waals surface area contributed by atoms with Gasteiger partial charge in [0.25, 0.3) is 0 Å². The Morgan fingerprint density at radius 3 is 2.36 bits per heavy atom. The van der Waals surface area contributed by atoms with Gasteiger partial charge in [-0.2, -0.15) is 0 Å². The Bertz CT molecular complexity index is 246. The number of carbonyl (C=O) groups excluding carboxylic acids is 1. The molecule has 14 heavy (non-hydrogen) atoms. The second-order valence-electron chi connectivity index (χ2n) is 4.71. The van der Waals surface area contributed by atoms with Crippen LogP contribution in [0.15, 0.2) is 0 Å². The van der Waals surface area contributed by atoms with Crippen molar-refractivity contribution in [3.8, 4) is 0 Å². The van der Waals surface area contributed by atoms with Crippen molar-refractivity contribution in [2.75, 3.05) is 0 Å². The Morgan fingerprint density at radius 2 is 2.07 bits per heavy atom. The van der Waals surface area contributed by atoms with Crippen molar-refractivity contribution < 1.29 is 4.79 Å². The lowest BCUT2D eigenvalue weighted by atomic mass is 9.69. The highest BCUT2D eigenvalue weighted by molar-refractivity contribution is 6.05. The maximum absolute atomic E-state index is 11.5. The largest absolute Gasteiger partial charge is 0.369 e. The van der Waals surface area contributed by atoms with E-state index in [1.54, 1.807) is 6.92 Å². The topological polar surface area (TPSA) is 66.9 Å². The fraction of sp³-hybridized carbons (Fsp3) is 0.818. The first kappa shape index (κ1) is 11.2. The number of nitrogens with two attached hydrogens (primary N) is 1. The van der Waals surface area contributed by atoms with Crippen LogP contribution >= 0.6 is 0 Å². The minimum absolute atomic E-state index is 0.262. The molecule has 1 saturated carbocycles. The van der Waals surface area contributed by atoms with Crippen molar-refractivity contribution >= 4 is 11.6 Å². The molecule has 3 heteroatoms. The highest BCUT2D eigenvalue weighted by Crippen LogP contribution is 2.44. The smallest absolute Gasteiger partial charge is 0.229 e. The van der Waals surface area contributed by atoms with Crippen LogP contribution in [0.2, 0.25) is 0 Å². The summed E-state index contributed by atoms with van der Waals surface area (Å²) in [5.74, 6) is 0.425. The van der Waals surface area contributed by atoms with E-state index < -0.39 is 5.41 Å². The Balaban J connectivity index is 2.98. The summed E-state index contributed by atoms with van der Waals surface area (Å²) in [6, 6.07) is 0. The predicted molar refractivity (Wildman–Crippen MR) is 57.2 cm³/mol. The fourth-order valence-electron chi connectivity index (χ4n) is 2.65. The molecule has 1 fully saturated rings. The summed E-state index contributed by atoms with van der Waals surface area (Å²) in [6.45, 7) is 5.67. The Hall–Kier alpha value is -0.860. The van der Waals surface area contributed by atoms with E-state index in [-0.39, 0.29) is 11.8 Å². The van der Waals surface area contributed by atoms with E-state index in [0.717, 1.165) is 19.3 Å². The first-order chi connectivity index (χ1) is 6.40. The maximum Gasteiger partial charge on any atom is 0.229 e. The molecule has 0 spiro atoms. The third-order valence-corrected chi connectivity index (χ3v) is 3.89. The zero-order valence-corrected chi connectivity index (χ0v) is 9.26. The van der Waals surface area contributed by atoms with Crippen LogP contribution in [-0.4, -0.2) is 11.6 Å². The van der Waals surface area contributed by atoms with Crippen LogP contribution < -0.4 is 5.73 Å². The molecule has 0 aliphatic heterocycles. The molecular weight excluding hydrogens is 176 g/mol. The highest BCUT2D eigenvalue weighted by atomic mass is 16.1. The summed E-state index contributed by atoms with van der Waals surface area (Å²) < 4.78 is 0. The highest BCUT2D eigenvalue weighted by Gasteiger charge is 2.45. The molecule has 0 aromatic rings. The Labute approximate surface area is 85.6 Å². The zero-order chi connectivity index (χ0) is 10.9. The molecule has 3 unspecified atom stereocenters. The third-order valence-electron chi connectivity index (χ3n) is 3.89. The van der Waals surface area contributed by atoms with Gasteiger partial charge in [0.1, 0.15) is 0 Å². The van der Waals surface area contributed by atoms with Gasteiger partial charge in [-0.3, -0.25) is 4.79 Å². The summed E-state index contributed by atoms with van der Waals surface area (Å²) in [6.07, 6.45) is 3.33. The molecule has 0 saturated heterocycles. The van der Waals surface area contributed by atoms with E-state index >= 15 is 0 Å². The van der Waals surface area contributed by atoms with E-state index in [9.17, 15) is 4.79 Å². The summed E-state index contributed by atoms with van der Waals surface area (Å²) in [7, 11) is 0. The molecule has 3 N–H and O–H groups in total. The van der Waals surface area contributed by atoms with Gasteiger partial charge >= 0.3 is 0 Å². The average molecular weight is 196 g/mol. The third kappa shape index (κ3) is 1.56. The molecule has 3 nitrogen and oxygen atoms in total. The van der Waals surface area contributed by atoms with Gasteiger partial charge < -0.3 is 11.1 Å². The Morgan fingerprint density at radius 1 is 1.50 bits per heavy atom. The van der Waals surface area contributed by atoms with Crippen molar-refractivity contribution in [1.82, 2.24) is 0 Å². The molecule has 0 bridgehead atoms. The number of hydrogen-bond donors (Lipinski definition) is 2. The molecule has 1 amide bonds. The monoisotopic (exact) mass is 196 g/mol. The van der Waals surface area contributed by atoms with Crippen molar-refractivity contribution in [3.63, 3.8) is 0 Å². The van der Waals surface area contributed by atoms with Crippen LogP contribution in [0, 0.1) is 22.7 Å². The molecule has 0 radical (unpaired) electrons. The quantitative estimate of drug-likeness (QED) is 0.666. The fourth-order valence-corrected chi connectivity index (χ4v) is 2.65. The minimum Gasteiger partial charge on any atom is -0.369 e. The zero-order valence-electron chi connectivity index (χ0n) is 9.26. The summed E-state index contributed by atoms with van der Waals surface area (Å²) in [5.41, 5.74) is 5.11. The number of primary amides is 1. The van der Waals surface area contributed by atoms with Gasteiger partial charge in [-0.15, -0.1) is 0 Å². The van der Waals surface area contributed by atoms with Crippen molar-refractivity contribution in [1.29, 1.82) is 5.41 Å². The van der Waals surface area contributed by atoms with Crippen LogP contribution in [0.3, 0.4) is 0 Å². The molecule has 0 heterocycles. The van der Waals surface area contributed by atoms with E-state index in [1.807, 2.05) is 6.92 Å². The van der Waals surface area contributed by atoms with Gasteiger partial charge in [0.05, 0.1) is 5.41 Å². The minimum atomic E-state index is -0.726. The van der Waals surface area contributed by atoms with E-state index in [1.165, 1.54) is 0 Å². The number of amides is 1. The second kappa shape index (κ2) is 3.71. The maximum atomic E-state index is 11.5. The van der Waals surface area contributed by atoms with Crippen LogP contribution in [-0.2, 0) is 4.79 Å². The van der Waals surface area contributed by atoms with Crippen molar-refractivity contribution in [2.24, 2.45) is 23.0 Å². The van der Waals surface area contributed by atoms with Gasteiger partial charge in [0.15, 0.2) is 0 Å². The first-order valence-corrected chi connectivity index (χ1v) is 5.26. The van der Waals surface area contributed by atoms with Crippen LogP contribution in [0.25, 0.3) is 0 Å². The molecule has 0 aromatic heterocycles. The standard InChI is InChI=1S/C11H20N2O/c1-7-5-4-6-9(7)11(3,8(2)12)10(13)14/h7,9,12H,4-6H2,1-3H3,(H2,13,14). The summed E-state index contributed by atoms with van der Waals surface area (Å²) >= 11 is 0. The molecule has 1 aliphatic carbocycles. The SMILES string of the molecule is CC(=N)C(C)(C(N)=O)C1CCCC1C. The van der Waals surface area contributed by atoms with Gasteiger partial charge in [0, 0.05) is 5.71 Å². The number of rotatable bonds is 3. The Kier molecular flexibility index (Phi) is 2.98. The normalized spacial score (nSPS) is 31.1. The van der Waals surface area contributed by atoms with E-state index in [2.05, 4.69) is 6.92 Å². The molecule has 0 aromatic carbocycles. The molecule has 80 valence electrons. The first-order valence-electron chi connectivity index (χ1n) is 5.26. The van der Waals surface area contributed by atoms with Gasteiger partial charge in [0.2, 0.25) is 5.91 Å². The van der Waals surface area contributed by atoms with Crippen molar-refractivity contribution in [3.05, 3.63) is 0 Å². The van der Waals surface area contributed by atoms with Gasteiger partial charge in [-0.25, -0.2) is 0 Å². The molecule has 1 rings (SSSR count). The summed E-state index contributed by atoms with van der Waals surface area (Å²) in [4.78, 5) is 11.5. The average Bonchev–Trinajstić information content (AvgIpc) is 2.49. The van der Waals surface area contributed by atoms with Crippen molar-refractivity contribution in [2.45, 2.75) is 40.0 Å². The van der Waals surface area contributed by atoms with Crippen LogP contribution in [0.1, 0.15) is 40.0 Å². The number of hydrogen-bond acceptors (Lipinski definition) is 2. The number of nitrogens with one attached hydrogen (secondary N) is 1. The summed E-state index contributed by atoms with van der Waals surface area (Å²) in [5, 5.41) is 7.73. The van der Waals surface area contributed by atoms with Crippen LogP contribution in [0.4, 0.5) is 0 Å². The van der Waals surface area contributed by atoms with Gasteiger partial charge in [-0.05, 0) is 32.1 Å².